The van der Waals surface area contributed by atoms with Gasteiger partial charge >= 0.3 is 5.97 Å². The van der Waals surface area contributed by atoms with Crippen LogP contribution in [-0.2, 0) is 6.54 Å². The smallest absolute Gasteiger partial charge is 0.341 e. The average molecular weight is 301 g/mol. The van der Waals surface area contributed by atoms with Gasteiger partial charge in [-0.15, -0.1) is 0 Å². The van der Waals surface area contributed by atoms with Gasteiger partial charge in [-0.2, -0.15) is 5.10 Å². The molecule has 0 spiro atoms. The Balaban J connectivity index is 2.40. The van der Waals surface area contributed by atoms with Gasteiger partial charge in [0.15, 0.2) is 0 Å². The van der Waals surface area contributed by atoms with Crippen LogP contribution >= 0.6 is 11.6 Å². The summed E-state index contributed by atoms with van der Waals surface area (Å²) in [5, 5.41) is 12.2. The molecule has 4 nitrogen and oxygen atoms in total. The highest BCUT2D eigenvalue weighted by atomic mass is 35.5. The SMILES string of the molecule is Cc1ccc(Cn2nc(C(F)F)c(C(=O)O)c2Cl)cc1. The third kappa shape index (κ3) is 2.80. The van der Waals surface area contributed by atoms with Gasteiger partial charge in [0.25, 0.3) is 6.43 Å². The topological polar surface area (TPSA) is 55.1 Å². The van der Waals surface area contributed by atoms with Gasteiger partial charge in [0, 0.05) is 0 Å². The zero-order valence-electron chi connectivity index (χ0n) is 10.5. The number of rotatable bonds is 4. The van der Waals surface area contributed by atoms with Gasteiger partial charge in [-0.1, -0.05) is 41.4 Å². The summed E-state index contributed by atoms with van der Waals surface area (Å²) in [6, 6.07) is 7.32. The summed E-state index contributed by atoms with van der Waals surface area (Å²) in [7, 11) is 0. The lowest BCUT2D eigenvalue weighted by molar-refractivity contribution is 0.0684. The van der Waals surface area contributed by atoms with Crippen LogP contribution in [0, 0.1) is 6.92 Å². The number of alkyl halides is 2. The van der Waals surface area contributed by atoms with Crippen LogP contribution in [0.25, 0.3) is 0 Å². The van der Waals surface area contributed by atoms with Gasteiger partial charge in [-0.25, -0.2) is 18.3 Å². The van der Waals surface area contributed by atoms with E-state index in [0.717, 1.165) is 15.8 Å². The van der Waals surface area contributed by atoms with Crippen LogP contribution in [-0.4, -0.2) is 20.9 Å². The number of aromatic carboxylic acids is 1. The van der Waals surface area contributed by atoms with Crippen molar-refractivity contribution in [3.63, 3.8) is 0 Å². The van der Waals surface area contributed by atoms with Crippen molar-refractivity contribution >= 4 is 17.6 Å². The summed E-state index contributed by atoms with van der Waals surface area (Å²) < 4.78 is 26.6. The number of carboxylic acid groups (broad SMARTS) is 1. The van der Waals surface area contributed by atoms with Crippen molar-refractivity contribution in [1.29, 1.82) is 0 Å². The van der Waals surface area contributed by atoms with Crippen molar-refractivity contribution in [2.75, 3.05) is 0 Å². The summed E-state index contributed by atoms with van der Waals surface area (Å²) in [5.74, 6) is -1.51. The molecule has 20 heavy (non-hydrogen) atoms. The van der Waals surface area contributed by atoms with E-state index >= 15 is 0 Å². The van der Waals surface area contributed by atoms with Gasteiger partial charge in [0.05, 0.1) is 6.54 Å². The van der Waals surface area contributed by atoms with E-state index in [9.17, 15) is 13.6 Å². The molecule has 0 bridgehead atoms. The maximum absolute atomic E-state index is 12.8. The minimum Gasteiger partial charge on any atom is -0.478 e. The Hall–Kier alpha value is -1.95. The molecule has 0 fully saturated rings. The predicted octanol–water partition coefficient (Wildman–Crippen LogP) is 3.53. The fourth-order valence-electron chi connectivity index (χ4n) is 1.78. The van der Waals surface area contributed by atoms with E-state index in [2.05, 4.69) is 5.10 Å². The van der Waals surface area contributed by atoms with Crippen molar-refractivity contribution < 1.29 is 18.7 Å². The minimum atomic E-state index is -2.99. The zero-order valence-corrected chi connectivity index (χ0v) is 11.2. The molecule has 1 aromatic carbocycles. The summed E-state index contributed by atoms with van der Waals surface area (Å²) in [6.45, 7) is 2.05. The third-order valence-corrected chi connectivity index (χ3v) is 3.18. The fraction of sp³-hybridized carbons (Fsp3) is 0.231. The highest BCUT2D eigenvalue weighted by Gasteiger charge is 2.27. The van der Waals surface area contributed by atoms with E-state index in [0.29, 0.717) is 0 Å². The van der Waals surface area contributed by atoms with Crippen LogP contribution in [0.3, 0.4) is 0 Å². The summed E-state index contributed by atoms with van der Waals surface area (Å²) in [5.41, 5.74) is 0.390. The molecule has 0 saturated carbocycles. The molecular formula is C13H11ClF2N2O2. The van der Waals surface area contributed by atoms with Crippen LogP contribution in [0.2, 0.25) is 5.15 Å². The lowest BCUT2D eigenvalue weighted by Crippen LogP contribution is -2.03. The van der Waals surface area contributed by atoms with Crippen LogP contribution in [0.4, 0.5) is 8.78 Å². The van der Waals surface area contributed by atoms with Gasteiger partial charge in [0.2, 0.25) is 0 Å². The monoisotopic (exact) mass is 300 g/mol. The number of hydrogen-bond donors (Lipinski definition) is 1. The van der Waals surface area contributed by atoms with E-state index in [1.807, 2.05) is 19.1 Å². The molecule has 106 valence electrons. The van der Waals surface area contributed by atoms with Crippen LogP contribution in [0.1, 0.15) is 33.6 Å². The molecule has 0 aliphatic rings. The molecule has 0 atom stereocenters. The molecule has 0 aliphatic heterocycles. The summed E-state index contributed by atoms with van der Waals surface area (Å²) in [4.78, 5) is 11.0. The van der Waals surface area contributed by atoms with Gasteiger partial charge in [-0.3, -0.25) is 0 Å². The predicted molar refractivity (Wildman–Crippen MR) is 69.4 cm³/mol. The number of aromatic nitrogens is 2. The van der Waals surface area contributed by atoms with Crippen molar-refractivity contribution in [2.24, 2.45) is 0 Å². The van der Waals surface area contributed by atoms with E-state index < -0.39 is 23.7 Å². The molecule has 0 unspecified atom stereocenters. The first kappa shape index (κ1) is 14.5. The van der Waals surface area contributed by atoms with E-state index in [4.69, 9.17) is 16.7 Å². The summed E-state index contributed by atoms with van der Waals surface area (Å²) >= 11 is 5.84. The molecule has 0 aliphatic carbocycles. The maximum atomic E-state index is 12.8. The highest BCUT2D eigenvalue weighted by molar-refractivity contribution is 6.32. The lowest BCUT2D eigenvalue weighted by atomic mass is 10.1. The summed E-state index contributed by atoms with van der Waals surface area (Å²) in [6.07, 6.45) is -2.99. The molecule has 2 rings (SSSR count). The Labute approximate surface area is 118 Å². The minimum absolute atomic E-state index is 0.131. The highest BCUT2D eigenvalue weighted by Crippen LogP contribution is 2.28. The average Bonchev–Trinajstić information content (AvgIpc) is 2.70. The lowest BCUT2D eigenvalue weighted by Gasteiger charge is -2.04. The van der Waals surface area contributed by atoms with Crippen LogP contribution in [0.15, 0.2) is 24.3 Å². The second-order valence-electron chi connectivity index (χ2n) is 4.30. The maximum Gasteiger partial charge on any atom is 0.341 e. The van der Waals surface area contributed by atoms with Crippen LogP contribution in [0.5, 0.6) is 0 Å². The molecular weight excluding hydrogens is 290 g/mol. The molecule has 1 N–H and O–H groups in total. The molecule has 1 aromatic heterocycles. The molecule has 0 radical (unpaired) electrons. The molecule has 0 amide bonds. The fourth-order valence-corrected chi connectivity index (χ4v) is 2.06. The second-order valence-corrected chi connectivity index (χ2v) is 4.66. The Morgan fingerprint density at radius 1 is 1.40 bits per heavy atom. The second kappa shape index (κ2) is 5.58. The Bertz CT molecular complexity index is 639. The number of halogens is 3. The van der Waals surface area contributed by atoms with E-state index in [1.165, 1.54) is 0 Å². The van der Waals surface area contributed by atoms with Crippen molar-refractivity contribution in [3.8, 4) is 0 Å². The molecule has 1 heterocycles. The van der Waals surface area contributed by atoms with Crippen molar-refractivity contribution in [2.45, 2.75) is 19.9 Å². The normalized spacial score (nSPS) is 11.1. The largest absolute Gasteiger partial charge is 0.478 e. The first-order chi connectivity index (χ1) is 9.40. The third-order valence-electron chi connectivity index (χ3n) is 2.79. The standard InChI is InChI=1S/C13H11ClF2N2O2/c1-7-2-4-8(5-3-7)6-18-11(14)9(13(19)20)10(17-18)12(15)16/h2-5,12H,6H2,1H3,(H,19,20). The van der Waals surface area contributed by atoms with E-state index in [-0.39, 0.29) is 11.7 Å². The number of carbonyl (C=O) groups is 1. The quantitative estimate of drug-likeness (QED) is 0.940. The number of benzene rings is 1. The Morgan fingerprint density at radius 3 is 2.45 bits per heavy atom. The van der Waals surface area contributed by atoms with Gasteiger partial charge in [-0.05, 0) is 12.5 Å². The number of nitrogens with zero attached hydrogens (tertiary/aromatic N) is 2. The zero-order chi connectivity index (χ0) is 14.9. The van der Waals surface area contributed by atoms with E-state index in [1.54, 1.807) is 12.1 Å². The van der Waals surface area contributed by atoms with Gasteiger partial charge < -0.3 is 5.11 Å². The Morgan fingerprint density at radius 2 is 2.00 bits per heavy atom. The number of hydrogen-bond acceptors (Lipinski definition) is 2. The van der Waals surface area contributed by atoms with Crippen molar-refractivity contribution in [3.05, 3.63) is 51.8 Å². The van der Waals surface area contributed by atoms with Gasteiger partial charge in [0.1, 0.15) is 16.4 Å². The first-order valence-corrected chi connectivity index (χ1v) is 6.11. The van der Waals surface area contributed by atoms with Crippen LogP contribution < -0.4 is 0 Å². The number of carboxylic acids is 1. The van der Waals surface area contributed by atoms with Crippen molar-refractivity contribution in [1.82, 2.24) is 9.78 Å². The molecule has 0 saturated heterocycles. The molecule has 2 aromatic rings. The Kier molecular flexibility index (Phi) is 4.04. The first-order valence-electron chi connectivity index (χ1n) is 5.73. The molecule has 7 heteroatoms. The number of aryl methyl sites for hydroxylation is 1.